The maximum absolute atomic E-state index is 4.96. The molecule has 0 aliphatic heterocycles. The van der Waals surface area contributed by atoms with Crippen molar-refractivity contribution >= 4 is 23.8 Å². The number of aryl methyl sites for hydroxylation is 3. The number of hydrogen-bond donors (Lipinski definition) is 0. The van der Waals surface area contributed by atoms with Crippen LogP contribution in [0.1, 0.15) is 48.4 Å². The molecule has 4 aromatic carbocycles. The summed E-state index contributed by atoms with van der Waals surface area (Å²) in [6.07, 6.45) is 5.14. The zero-order valence-electron chi connectivity index (χ0n) is 22.4. The topological polar surface area (TPSA) is 17.8 Å². The first kappa shape index (κ1) is 25.2. The normalized spacial score (nSPS) is 12.2. The minimum absolute atomic E-state index is 0.439. The summed E-state index contributed by atoms with van der Waals surface area (Å²) in [6.45, 7) is 11.2. The van der Waals surface area contributed by atoms with E-state index in [-0.39, 0.29) is 0 Å². The van der Waals surface area contributed by atoms with Gasteiger partial charge in [0, 0.05) is 18.0 Å². The molecule has 186 valence electrons. The van der Waals surface area contributed by atoms with Gasteiger partial charge in [-0.05, 0) is 79.7 Å². The van der Waals surface area contributed by atoms with Crippen molar-refractivity contribution in [3.8, 4) is 17.1 Å². The lowest BCUT2D eigenvalue weighted by Crippen LogP contribution is -2.21. The van der Waals surface area contributed by atoms with Crippen molar-refractivity contribution in [1.82, 2.24) is 9.55 Å². The van der Waals surface area contributed by atoms with Gasteiger partial charge < -0.3 is 0 Å². The quantitative estimate of drug-likeness (QED) is 0.208. The molecule has 1 atom stereocenters. The van der Waals surface area contributed by atoms with Crippen molar-refractivity contribution in [2.75, 3.05) is 0 Å². The third-order valence-electron chi connectivity index (χ3n) is 7.23. The molecule has 0 spiro atoms. The van der Waals surface area contributed by atoms with Crippen LogP contribution >= 0.6 is 7.92 Å². The number of hydrogen-bond acceptors (Lipinski definition) is 1. The average Bonchev–Trinajstić information content (AvgIpc) is 3.38. The summed E-state index contributed by atoms with van der Waals surface area (Å²) >= 11 is 0. The van der Waals surface area contributed by atoms with Gasteiger partial charge in [0.05, 0.1) is 5.69 Å². The summed E-state index contributed by atoms with van der Waals surface area (Å²) < 4.78 is 2.29. The summed E-state index contributed by atoms with van der Waals surface area (Å²) in [5.41, 5.74) is 7.65. The molecule has 0 amide bonds. The number of imidazole rings is 1. The smallest absolute Gasteiger partial charge is 0.144 e. The van der Waals surface area contributed by atoms with E-state index in [0.717, 1.165) is 12.2 Å². The molecule has 1 unspecified atom stereocenters. The van der Waals surface area contributed by atoms with Gasteiger partial charge >= 0.3 is 0 Å². The van der Waals surface area contributed by atoms with Crippen molar-refractivity contribution in [3.05, 3.63) is 126 Å². The van der Waals surface area contributed by atoms with Gasteiger partial charge in [-0.3, -0.25) is 4.57 Å². The molecular weight excluding hydrogens is 467 g/mol. The Hall–Kier alpha value is -3.48. The minimum Gasteiger partial charge on any atom is -0.299 e. The molecule has 5 rings (SSSR count). The fourth-order valence-corrected chi connectivity index (χ4v) is 7.68. The molecule has 0 bridgehead atoms. The van der Waals surface area contributed by atoms with E-state index in [0.29, 0.717) is 5.92 Å². The van der Waals surface area contributed by atoms with Gasteiger partial charge in [0.1, 0.15) is 5.82 Å². The molecular formula is C34H35N2P. The first-order valence-electron chi connectivity index (χ1n) is 13.1. The van der Waals surface area contributed by atoms with Crippen molar-refractivity contribution in [3.63, 3.8) is 0 Å². The zero-order chi connectivity index (χ0) is 25.9. The highest BCUT2D eigenvalue weighted by Crippen LogP contribution is 2.38. The minimum atomic E-state index is -0.692. The first-order chi connectivity index (χ1) is 18.0. The van der Waals surface area contributed by atoms with Gasteiger partial charge in [-0.2, -0.15) is 0 Å². The van der Waals surface area contributed by atoms with Gasteiger partial charge in [-0.1, -0.05) is 104 Å². The molecule has 0 aliphatic carbocycles. The summed E-state index contributed by atoms with van der Waals surface area (Å²) in [4.78, 5) is 4.96. The summed E-state index contributed by atoms with van der Waals surface area (Å²) in [5.74, 6) is 1.46. The Labute approximate surface area is 222 Å². The molecule has 5 aromatic rings. The van der Waals surface area contributed by atoms with Crippen molar-refractivity contribution in [1.29, 1.82) is 0 Å². The highest BCUT2D eigenvalue weighted by molar-refractivity contribution is 7.79. The van der Waals surface area contributed by atoms with Gasteiger partial charge in [0.2, 0.25) is 0 Å². The van der Waals surface area contributed by atoms with Crippen LogP contribution < -0.4 is 15.9 Å². The maximum atomic E-state index is 4.96. The predicted molar refractivity (Wildman–Crippen MR) is 161 cm³/mol. The van der Waals surface area contributed by atoms with Crippen LogP contribution in [0.2, 0.25) is 0 Å². The number of aromatic nitrogens is 2. The fraction of sp³-hybridized carbons (Fsp3) is 0.206. The Morgan fingerprint density at radius 1 is 0.757 bits per heavy atom. The van der Waals surface area contributed by atoms with Crippen LogP contribution in [0.15, 0.2) is 103 Å². The molecule has 0 radical (unpaired) electrons. The van der Waals surface area contributed by atoms with Gasteiger partial charge in [0.25, 0.3) is 0 Å². The highest BCUT2D eigenvalue weighted by atomic mass is 31.1. The molecule has 0 N–H and O–H groups in total. The van der Waals surface area contributed by atoms with Crippen LogP contribution in [0.4, 0.5) is 0 Å². The average molecular weight is 503 g/mol. The SMILES string of the molecule is CCC(C)c1ccc(P(c2ccccc2)c2ccccc2)cc1-c1nccn1-c1c(C)cc(C)cc1C. The lowest BCUT2D eigenvalue weighted by Gasteiger charge is -2.23. The van der Waals surface area contributed by atoms with Crippen LogP contribution in [0.3, 0.4) is 0 Å². The maximum Gasteiger partial charge on any atom is 0.144 e. The number of benzene rings is 4. The Balaban J connectivity index is 1.73. The van der Waals surface area contributed by atoms with Crippen LogP contribution in [0.25, 0.3) is 17.1 Å². The zero-order valence-corrected chi connectivity index (χ0v) is 23.3. The van der Waals surface area contributed by atoms with Gasteiger partial charge in [-0.15, -0.1) is 0 Å². The van der Waals surface area contributed by atoms with E-state index in [9.17, 15) is 0 Å². The largest absolute Gasteiger partial charge is 0.299 e. The van der Waals surface area contributed by atoms with E-state index in [2.05, 4.69) is 136 Å². The first-order valence-corrected chi connectivity index (χ1v) is 14.5. The third-order valence-corrected chi connectivity index (χ3v) is 9.65. The molecule has 0 saturated carbocycles. The van der Waals surface area contributed by atoms with E-state index in [1.165, 1.54) is 49.4 Å². The number of nitrogens with zero attached hydrogens (tertiary/aromatic N) is 2. The molecule has 0 aliphatic rings. The lowest BCUT2D eigenvalue weighted by atomic mass is 9.93. The van der Waals surface area contributed by atoms with Crippen molar-refractivity contribution in [2.45, 2.75) is 47.0 Å². The van der Waals surface area contributed by atoms with E-state index in [1.807, 2.05) is 6.20 Å². The molecule has 1 heterocycles. The van der Waals surface area contributed by atoms with Crippen molar-refractivity contribution < 1.29 is 0 Å². The van der Waals surface area contributed by atoms with E-state index in [1.54, 1.807) is 0 Å². The third kappa shape index (κ3) is 5.04. The van der Waals surface area contributed by atoms with Gasteiger partial charge in [-0.25, -0.2) is 4.98 Å². The van der Waals surface area contributed by atoms with Crippen LogP contribution in [0.5, 0.6) is 0 Å². The summed E-state index contributed by atoms with van der Waals surface area (Å²) in [6, 6.07) is 33.5. The molecule has 37 heavy (non-hydrogen) atoms. The summed E-state index contributed by atoms with van der Waals surface area (Å²) in [5, 5.41) is 4.07. The second-order valence-corrected chi connectivity index (χ2v) is 12.2. The van der Waals surface area contributed by atoms with Crippen LogP contribution in [-0.4, -0.2) is 9.55 Å². The molecule has 1 aromatic heterocycles. The second kappa shape index (κ2) is 10.9. The fourth-order valence-electron chi connectivity index (χ4n) is 5.36. The molecule has 0 saturated heterocycles. The lowest BCUT2D eigenvalue weighted by molar-refractivity contribution is 0.734. The summed E-state index contributed by atoms with van der Waals surface area (Å²) in [7, 11) is -0.692. The van der Waals surface area contributed by atoms with Crippen LogP contribution in [0, 0.1) is 20.8 Å². The number of rotatable bonds is 7. The van der Waals surface area contributed by atoms with E-state index in [4.69, 9.17) is 4.98 Å². The van der Waals surface area contributed by atoms with Crippen molar-refractivity contribution in [2.24, 2.45) is 0 Å². The molecule has 3 heteroatoms. The predicted octanol–water partition coefficient (Wildman–Crippen LogP) is 7.74. The Morgan fingerprint density at radius 2 is 1.35 bits per heavy atom. The van der Waals surface area contributed by atoms with E-state index < -0.39 is 7.92 Å². The van der Waals surface area contributed by atoms with E-state index >= 15 is 0 Å². The molecule has 0 fully saturated rings. The second-order valence-electron chi connectivity index (χ2n) is 9.96. The van der Waals surface area contributed by atoms with Crippen LogP contribution in [-0.2, 0) is 0 Å². The Morgan fingerprint density at radius 3 is 1.92 bits per heavy atom. The Bertz CT molecular complexity index is 1440. The highest BCUT2D eigenvalue weighted by Gasteiger charge is 2.22. The molecule has 2 nitrogen and oxygen atoms in total. The van der Waals surface area contributed by atoms with Gasteiger partial charge in [0.15, 0.2) is 0 Å². The standard InChI is InChI=1S/C34H35N2P/c1-6-25(3)31-18-17-30(37(28-13-9-7-10-14-28)29-15-11-8-12-16-29)23-32(31)34-35-19-20-36(34)33-26(4)21-24(2)22-27(33)5/h7-23,25H,6H2,1-5H3. The Kier molecular flexibility index (Phi) is 7.40. The monoisotopic (exact) mass is 502 g/mol.